The normalized spacial score (nSPS) is 29.1. The Morgan fingerprint density at radius 3 is 2.57 bits per heavy atom. The van der Waals surface area contributed by atoms with Crippen molar-refractivity contribution in [3.8, 4) is 0 Å². The van der Waals surface area contributed by atoms with E-state index in [-0.39, 0.29) is 35.2 Å². The molecule has 2 aliphatic rings. The fourth-order valence-electron chi connectivity index (χ4n) is 3.81. The van der Waals surface area contributed by atoms with E-state index >= 15 is 0 Å². The summed E-state index contributed by atoms with van der Waals surface area (Å²) in [6.45, 7) is 0. The number of fused-ring (bicyclic) bond motifs is 2. The Balaban J connectivity index is 0.00000192. The summed E-state index contributed by atoms with van der Waals surface area (Å²) >= 11 is 0. The molecule has 1 amide bonds. The van der Waals surface area contributed by atoms with Crippen LogP contribution in [0.4, 0.5) is 5.69 Å². The molecule has 2 saturated carbocycles. The van der Waals surface area contributed by atoms with Gasteiger partial charge in [-0.05, 0) is 56.3 Å². The lowest BCUT2D eigenvalue weighted by Gasteiger charge is -2.27. The SMILES string of the molecule is CNS(=O)(=O)c1cccc(NC(=O)C2C3CCC(C3)C2N)c1.Cl. The molecule has 4 atom stereocenters. The molecule has 1 aromatic rings. The quantitative estimate of drug-likeness (QED) is 0.754. The number of halogens is 1. The number of rotatable bonds is 4. The summed E-state index contributed by atoms with van der Waals surface area (Å²) in [4.78, 5) is 12.6. The second-order valence-corrected chi connectivity index (χ2v) is 8.05. The second-order valence-electron chi connectivity index (χ2n) is 6.16. The first-order valence-electron chi connectivity index (χ1n) is 7.52. The molecule has 3 rings (SSSR count). The molecule has 23 heavy (non-hydrogen) atoms. The fraction of sp³-hybridized carbons (Fsp3) is 0.533. The predicted molar refractivity (Wildman–Crippen MR) is 90.9 cm³/mol. The van der Waals surface area contributed by atoms with E-state index in [4.69, 9.17) is 5.73 Å². The smallest absolute Gasteiger partial charge is 0.240 e. The molecular formula is C15H22ClN3O3S. The van der Waals surface area contributed by atoms with Gasteiger partial charge in [-0.1, -0.05) is 6.07 Å². The highest BCUT2D eigenvalue weighted by atomic mass is 35.5. The van der Waals surface area contributed by atoms with Gasteiger partial charge < -0.3 is 11.1 Å². The third-order valence-corrected chi connectivity index (χ3v) is 6.38. The van der Waals surface area contributed by atoms with Crippen LogP contribution in [0.5, 0.6) is 0 Å². The maximum Gasteiger partial charge on any atom is 0.240 e. The Morgan fingerprint density at radius 2 is 1.96 bits per heavy atom. The van der Waals surface area contributed by atoms with Crippen LogP contribution in [0.15, 0.2) is 29.2 Å². The summed E-state index contributed by atoms with van der Waals surface area (Å²) in [5.74, 6) is 0.558. The molecule has 8 heteroatoms. The van der Waals surface area contributed by atoms with Crippen LogP contribution in [-0.4, -0.2) is 27.4 Å². The number of nitrogens with one attached hydrogen (secondary N) is 2. The number of carbonyl (C=O) groups excluding carboxylic acids is 1. The number of anilines is 1. The van der Waals surface area contributed by atoms with Gasteiger partial charge in [-0.15, -0.1) is 12.4 Å². The molecule has 0 heterocycles. The maximum atomic E-state index is 12.5. The molecule has 0 aromatic heterocycles. The van der Waals surface area contributed by atoms with E-state index in [1.807, 2.05) is 0 Å². The van der Waals surface area contributed by atoms with E-state index in [2.05, 4.69) is 10.0 Å². The third kappa shape index (κ3) is 3.38. The minimum absolute atomic E-state index is 0. The topological polar surface area (TPSA) is 101 Å². The number of nitrogens with two attached hydrogens (primary N) is 1. The van der Waals surface area contributed by atoms with Gasteiger partial charge in [0, 0.05) is 11.7 Å². The number of hydrogen-bond donors (Lipinski definition) is 3. The van der Waals surface area contributed by atoms with Gasteiger partial charge in [0.25, 0.3) is 0 Å². The molecule has 0 aliphatic heterocycles. The van der Waals surface area contributed by atoms with Gasteiger partial charge in [0.2, 0.25) is 15.9 Å². The Kier molecular flexibility index (Phi) is 5.35. The summed E-state index contributed by atoms with van der Waals surface area (Å²) in [7, 11) is -2.16. The fourth-order valence-corrected chi connectivity index (χ4v) is 4.58. The summed E-state index contributed by atoms with van der Waals surface area (Å²) in [5.41, 5.74) is 6.66. The number of amides is 1. The van der Waals surface area contributed by atoms with Crippen molar-refractivity contribution >= 4 is 34.0 Å². The Bertz CT molecular complexity index is 693. The van der Waals surface area contributed by atoms with Crippen molar-refractivity contribution in [1.29, 1.82) is 0 Å². The molecule has 128 valence electrons. The Morgan fingerprint density at radius 1 is 1.26 bits per heavy atom. The molecule has 0 saturated heterocycles. The monoisotopic (exact) mass is 359 g/mol. The first-order chi connectivity index (χ1) is 10.4. The minimum atomic E-state index is -3.52. The van der Waals surface area contributed by atoms with E-state index in [0.29, 0.717) is 17.5 Å². The molecular weight excluding hydrogens is 338 g/mol. The van der Waals surface area contributed by atoms with E-state index in [1.165, 1.54) is 19.2 Å². The summed E-state index contributed by atoms with van der Waals surface area (Å²) in [5, 5.41) is 2.82. The van der Waals surface area contributed by atoms with Crippen LogP contribution in [0, 0.1) is 17.8 Å². The van der Waals surface area contributed by atoms with E-state index < -0.39 is 10.0 Å². The molecule has 1 aromatic carbocycles. The van der Waals surface area contributed by atoms with E-state index in [1.54, 1.807) is 12.1 Å². The van der Waals surface area contributed by atoms with Crippen molar-refractivity contribution in [2.75, 3.05) is 12.4 Å². The van der Waals surface area contributed by atoms with Crippen LogP contribution in [0.3, 0.4) is 0 Å². The molecule has 4 N–H and O–H groups in total. The van der Waals surface area contributed by atoms with Crippen LogP contribution >= 0.6 is 12.4 Å². The average molecular weight is 360 g/mol. The molecule has 2 fully saturated rings. The third-order valence-electron chi connectivity index (χ3n) is 4.96. The van der Waals surface area contributed by atoms with Gasteiger partial charge in [0.1, 0.15) is 0 Å². The van der Waals surface area contributed by atoms with E-state index in [0.717, 1.165) is 19.3 Å². The summed E-state index contributed by atoms with van der Waals surface area (Å²) in [6.07, 6.45) is 3.21. The lowest BCUT2D eigenvalue weighted by molar-refractivity contribution is -0.121. The van der Waals surface area contributed by atoms with Gasteiger partial charge in [-0.25, -0.2) is 13.1 Å². The number of sulfonamides is 1. The zero-order chi connectivity index (χ0) is 15.9. The summed E-state index contributed by atoms with van der Waals surface area (Å²) in [6, 6.07) is 6.17. The standard InChI is InChI=1S/C15H21N3O3S.ClH/c1-17-22(20,21)12-4-2-3-11(8-12)18-15(19)13-9-5-6-10(7-9)14(13)16;/h2-4,8-10,13-14,17H,5-7,16H2,1H3,(H,18,19);1H. The van der Waals surface area contributed by atoms with Crippen LogP contribution in [0.1, 0.15) is 19.3 Å². The van der Waals surface area contributed by atoms with Crippen molar-refractivity contribution < 1.29 is 13.2 Å². The Labute approximate surface area is 142 Å². The van der Waals surface area contributed by atoms with Gasteiger partial charge in [-0.2, -0.15) is 0 Å². The van der Waals surface area contributed by atoms with Crippen LogP contribution in [0.25, 0.3) is 0 Å². The van der Waals surface area contributed by atoms with E-state index in [9.17, 15) is 13.2 Å². The lowest BCUT2D eigenvalue weighted by atomic mass is 9.84. The van der Waals surface area contributed by atoms with Gasteiger partial charge >= 0.3 is 0 Å². The highest BCUT2D eigenvalue weighted by Gasteiger charge is 2.49. The maximum absolute atomic E-state index is 12.5. The molecule has 6 nitrogen and oxygen atoms in total. The lowest BCUT2D eigenvalue weighted by Crippen LogP contribution is -2.42. The second kappa shape index (κ2) is 6.76. The van der Waals surface area contributed by atoms with Crippen molar-refractivity contribution in [3.05, 3.63) is 24.3 Å². The molecule has 0 radical (unpaired) electrons. The van der Waals surface area contributed by atoms with Crippen LogP contribution in [-0.2, 0) is 14.8 Å². The van der Waals surface area contributed by atoms with Gasteiger partial charge in [0.15, 0.2) is 0 Å². The van der Waals surface area contributed by atoms with Crippen LogP contribution in [0.2, 0.25) is 0 Å². The van der Waals surface area contributed by atoms with Crippen molar-refractivity contribution in [2.24, 2.45) is 23.5 Å². The molecule has 0 spiro atoms. The highest BCUT2D eigenvalue weighted by Crippen LogP contribution is 2.47. The summed E-state index contributed by atoms with van der Waals surface area (Å²) < 4.78 is 25.9. The number of benzene rings is 1. The number of hydrogen-bond acceptors (Lipinski definition) is 4. The zero-order valence-electron chi connectivity index (χ0n) is 12.9. The molecule has 2 bridgehead atoms. The van der Waals surface area contributed by atoms with Gasteiger partial charge in [-0.3, -0.25) is 4.79 Å². The minimum Gasteiger partial charge on any atom is -0.327 e. The van der Waals surface area contributed by atoms with Crippen LogP contribution < -0.4 is 15.8 Å². The van der Waals surface area contributed by atoms with Gasteiger partial charge in [0.05, 0.1) is 10.8 Å². The largest absolute Gasteiger partial charge is 0.327 e. The van der Waals surface area contributed by atoms with Crippen molar-refractivity contribution in [2.45, 2.75) is 30.2 Å². The van der Waals surface area contributed by atoms with Crippen molar-refractivity contribution in [1.82, 2.24) is 4.72 Å². The van der Waals surface area contributed by atoms with Crippen molar-refractivity contribution in [3.63, 3.8) is 0 Å². The first-order valence-corrected chi connectivity index (χ1v) is 9.01. The number of carbonyl (C=O) groups is 1. The average Bonchev–Trinajstić information content (AvgIpc) is 3.08. The molecule has 4 unspecified atom stereocenters. The predicted octanol–water partition coefficient (Wildman–Crippen LogP) is 1.33. The highest BCUT2D eigenvalue weighted by molar-refractivity contribution is 7.89. The Hall–Kier alpha value is -1.15. The zero-order valence-corrected chi connectivity index (χ0v) is 14.5. The molecule has 2 aliphatic carbocycles. The first kappa shape index (κ1) is 18.2.